The molecule has 0 aromatic carbocycles. The van der Waals surface area contributed by atoms with Gasteiger partial charge in [-0.3, -0.25) is 0 Å². The Labute approximate surface area is 79.0 Å². The normalized spacial score (nSPS) is 10.8. The van der Waals surface area contributed by atoms with Gasteiger partial charge in [0, 0.05) is 19.4 Å². The number of urea groups is 1. The largest absolute Gasteiger partial charge is 0.396 e. The Morgan fingerprint density at radius 2 is 2.23 bits per heavy atom. The van der Waals surface area contributed by atoms with E-state index >= 15 is 0 Å². The third-order valence-corrected chi connectivity index (χ3v) is 1.32. The van der Waals surface area contributed by atoms with Crippen LogP contribution in [0.5, 0.6) is 0 Å². The Kier molecular flexibility index (Phi) is 7.01. The lowest BCUT2D eigenvalue weighted by Gasteiger charge is -2.02. The van der Waals surface area contributed by atoms with Crippen molar-refractivity contribution in [1.82, 2.24) is 10.6 Å². The van der Waals surface area contributed by atoms with Crippen LogP contribution in [-0.2, 0) is 0 Å². The summed E-state index contributed by atoms with van der Waals surface area (Å²) >= 11 is 0. The zero-order valence-electron chi connectivity index (χ0n) is 8.21. The minimum atomic E-state index is -0.231. The number of amides is 2. The topological polar surface area (TPSA) is 61.4 Å². The van der Waals surface area contributed by atoms with Crippen LogP contribution in [0.25, 0.3) is 0 Å². The first-order chi connectivity index (χ1) is 6.16. The maximum absolute atomic E-state index is 10.9. The third kappa shape index (κ3) is 8.88. The molecule has 0 heterocycles. The first-order valence-corrected chi connectivity index (χ1v) is 4.48. The van der Waals surface area contributed by atoms with Crippen LogP contribution < -0.4 is 10.6 Å². The van der Waals surface area contributed by atoms with Gasteiger partial charge in [-0.1, -0.05) is 19.9 Å². The third-order valence-electron chi connectivity index (χ3n) is 1.32. The fourth-order valence-corrected chi connectivity index (χ4v) is 0.648. The van der Waals surface area contributed by atoms with Crippen LogP contribution in [0, 0.1) is 5.92 Å². The molecule has 0 atom stereocenters. The molecule has 4 heteroatoms. The van der Waals surface area contributed by atoms with E-state index in [4.69, 9.17) is 5.11 Å². The predicted octanol–water partition coefficient (Wildman–Crippen LogP) is 0.838. The van der Waals surface area contributed by atoms with E-state index < -0.39 is 0 Å². The van der Waals surface area contributed by atoms with Crippen molar-refractivity contribution in [2.75, 3.05) is 13.2 Å². The number of carbonyl (C=O) groups excluding carboxylic acids is 1. The summed E-state index contributed by atoms with van der Waals surface area (Å²) < 4.78 is 0. The molecule has 0 aliphatic rings. The minimum absolute atomic E-state index is 0.0993. The van der Waals surface area contributed by atoms with Gasteiger partial charge in [0.15, 0.2) is 0 Å². The molecule has 13 heavy (non-hydrogen) atoms. The van der Waals surface area contributed by atoms with Crippen molar-refractivity contribution in [3.63, 3.8) is 0 Å². The van der Waals surface area contributed by atoms with Crippen LogP contribution in [0.4, 0.5) is 4.79 Å². The van der Waals surface area contributed by atoms with Crippen LogP contribution in [-0.4, -0.2) is 24.3 Å². The molecule has 0 aliphatic heterocycles. The van der Waals surface area contributed by atoms with Crippen molar-refractivity contribution in [3.8, 4) is 0 Å². The zero-order chi connectivity index (χ0) is 10.1. The van der Waals surface area contributed by atoms with Crippen LogP contribution in [0.3, 0.4) is 0 Å². The first kappa shape index (κ1) is 12.0. The predicted molar refractivity (Wildman–Crippen MR) is 52.2 cm³/mol. The van der Waals surface area contributed by atoms with Crippen molar-refractivity contribution < 1.29 is 9.90 Å². The lowest BCUT2D eigenvalue weighted by molar-refractivity contribution is 0.241. The van der Waals surface area contributed by atoms with Gasteiger partial charge in [-0.05, 0) is 12.3 Å². The number of nitrogens with one attached hydrogen (secondary N) is 2. The maximum Gasteiger partial charge on any atom is 0.318 e. The molecule has 0 bridgehead atoms. The van der Waals surface area contributed by atoms with Gasteiger partial charge in [0.05, 0.1) is 0 Å². The Hall–Kier alpha value is -1.03. The van der Waals surface area contributed by atoms with Crippen LogP contribution in [0.1, 0.15) is 20.3 Å². The van der Waals surface area contributed by atoms with Gasteiger partial charge in [0.25, 0.3) is 0 Å². The van der Waals surface area contributed by atoms with Gasteiger partial charge in [-0.25, -0.2) is 4.79 Å². The van der Waals surface area contributed by atoms with Gasteiger partial charge < -0.3 is 15.7 Å². The molecule has 0 fully saturated rings. The van der Waals surface area contributed by atoms with Gasteiger partial charge >= 0.3 is 6.03 Å². The van der Waals surface area contributed by atoms with Crippen LogP contribution >= 0.6 is 0 Å². The smallest absolute Gasteiger partial charge is 0.318 e. The summed E-state index contributed by atoms with van der Waals surface area (Å²) in [6, 6.07) is -0.231. The minimum Gasteiger partial charge on any atom is -0.396 e. The maximum atomic E-state index is 10.9. The van der Waals surface area contributed by atoms with Gasteiger partial charge in [-0.15, -0.1) is 0 Å². The number of allylic oxidation sites excluding steroid dienone is 1. The van der Waals surface area contributed by atoms with Gasteiger partial charge in [0.2, 0.25) is 0 Å². The molecule has 0 saturated heterocycles. The highest BCUT2D eigenvalue weighted by Gasteiger charge is 1.94. The number of aliphatic hydroxyl groups is 1. The fourth-order valence-electron chi connectivity index (χ4n) is 0.648. The molecule has 3 N–H and O–H groups in total. The molecule has 0 unspecified atom stereocenters. The van der Waals surface area contributed by atoms with Gasteiger partial charge in [0.1, 0.15) is 0 Å². The molecule has 0 spiro atoms. The lowest BCUT2D eigenvalue weighted by atomic mass is 10.2. The number of hydrogen-bond acceptors (Lipinski definition) is 2. The molecule has 0 aliphatic carbocycles. The molecule has 0 radical (unpaired) electrons. The highest BCUT2D eigenvalue weighted by Crippen LogP contribution is 1.90. The summed E-state index contributed by atoms with van der Waals surface area (Å²) in [6.45, 7) is 4.66. The molecule has 76 valence electrons. The number of hydrogen-bond donors (Lipinski definition) is 3. The molecule has 2 amide bonds. The Morgan fingerprint density at radius 3 is 2.77 bits per heavy atom. The van der Waals surface area contributed by atoms with E-state index in [2.05, 4.69) is 10.6 Å². The van der Waals surface area contributed by atoms with Crippen LogP contribution in [0.2, 0.25) is 0 Å². The van der Waals surface area contributed by atoms with Crippen molar-refractivity contribution in [3.05, 3.63) is 12.3 Å². The summed E-state index contributed by atoms with van der Waals surface area (Å²) in [5.74, 6) is 0.428. The first-order valence-electron chi connectivity index (χ1n) is 4.48. The number of aliphatic hydroxyl groups excluding tert-OH is 1. The van der Waals surface area contributed by atoms with E-state index in [1.54, 1.807) is 6.20 Å². The van der Waals surface area contributed by atoms with E-state index in [1.807, 2.05) is 19.9 Å². The van der Waals surface area contributed by atoms with Crippen molar-refractivity contribution in [1.29, 1.82) is 0 Å². The standard InChI is InChI=1S/C9H18N2O2/c1-8(2)4-6-11-9(13)10-5-3-7-12/h4,6,8,12H,3,5,7H2,1-2H3,(H2,10,11,13)/b6-4+. The second kappa shape index (κ2) is 7.61. The number of rotatable bonds is 5. The molecular weight excluding hydrogens is 168 g/mol. The summed E-state index contributed by atoms with van der Waals surface area (Å²) in [5, 5.41) is 13.6. The van der Waals surface area contributed by atoms with E-state index in [-0.39, 0.29) is 12.6 Å². The molecule has 0 saturated carbocycles. The fraction of sp³-hybridized carbons (Fsp3) is 0.667. The Balaban J connectivity index is 3.40. The van der Waals surface area contributed by atoms with E-state index in [9.17, 15) is 4.79 Å². The lowest BCUT2D eigenvalue weighted by Crippen LogP contribution is -2.33. The molecule has 4 nitrogen and oxygen atoms in total. The van der Waals surface area contributed by atoms with Gasteiger partial charge in [-0.2, -0.15) is 0 Å². The Morgan fingerprint density at radius 1 is 1.54 bits per heavy atom. The molecule has 0 aromatic heterocycles. The second-order valence-corrected chi connectivity index (χ2v) is 3.08. The Bertz CT molecular complexity index is 167. The monoisotopic (exact) mass is 186 g/mol. The highest BCUT2D eigenvalue weighted by molar-refractivity contribution is 5.74. The van der Waals surface area contributed by atoms with E-state index in [0.717, 1.165) is 0 Å². The van der Waals surface area contributed by atoms with E-state index in [0.29, 0.717) is 18.9 Å². The number of carbonyl (C=O) groups is 1. The van der Waals surface area contributed by atoms with E-state index in [1.165, 1.54) is 0 Å². The summed E-state index contributed by atoms with van der Waals surface area (Å²) in [7, 11) is 0. The zero-order valence-corrected chi connectivity index (χ0v) is 8.21. The van der Waals surface area contributed by atoms with Crippen molar-refractivity contribution in [2.45, 2.75) is 20.3 Å². The highest BCUT2D eigenvalue weighted by atomic mass is 16.3. The summed E-state index contributed by atoms with van der Waals surface area (Å²) in [6.07, 6.45) is 4.10. The molecule has 0 aromatic rings. The van der Waals surface area contributed by atoms with Crippen LogP contribution in [0.15, 0.2) is 12.3 Å². The second-order valence-electron chi connectivity index (χ2n) is 3.08. The molecule has 0 rings (SSSR count). The summed E-state index contributed by atoms with van der Waals surface area (Å²) in [4.78, 5) is 10.9. The van der Waals surface area contributed by atoms with Crippen molar-refractivity contribution in [2.24, 2.45) is 5.92 Å². The average molecular weight is 186 g/mol. The summed E-state index contributed by atoms with van der Waals surface area (Å²) in [5.41, 5.74) is 0. The average Bonchev–Trinajstić information content (AvgIpc) is 2.04. The quantitative estimate of drug-likeness (QED) is 0.557. The van der Waals surface area contributed by atoms with Crippen molar-refractivity contribution >= 4 is 6.03 Å². The SMILES string of the molecule is CC(C)/C=C/NC(=O)NCCCO. The molecular formula is C9H18N2O2.